The lowest BCUT2D eigenvalue weighted by Crippen LogP contribution is -2.70. The maximum absolute atomic E-state index is 12.5. The van der Waals surface area contributed by atoms with E-state index in [2.05, 4.69) is 33.0 Å². The second-order valence-electron chi connectivity index (χ2n) is 13.1. The van der Waals surface area contributed by atoms with E-state index in [4.69, 9.17) is 9.47 Å². The fourth-order valence-electron chi connectivity index (χ4n) is 9.45. The van der Waals surface area contributed by atoms with E-state index in [0.29, 0.717) is 24.2 Å². The summed E-state index contributed by atoms with van der Waals surface area (Å²) in [5.41, 5.74) is -0.810. The number of aliphatic carboxylic acids is 1. The lowest BCUT2D eigenvalue weighted by atomic mass is 9.42. The molecule has 0 aromatic heterocycles. The van der Waals surface area contributed by atoms with Crippen LogP contribution in [0.5, 0.6) is 0 Å². The van der Waals surface area contributed by atoms with Gasteiger partial charge in [0.2, 0.25) is 0 Å². The Morgan fingerprint density at radius 2 is 1.67 bits per heavy atom. The molecule has 0 aromatic carbocycles. The van der Waals surface area contributed by atoms with Crippen LogP contribution in [0.25, 0.3) is 0 Å². The van der Waals surface area contributed by atoms with Gasteiger partial charge in [-0.15, -0.1) is 0 Å². The minimum Gasteiger partial charge on any atom is -0.481 e. The predicted octanol–water partition coefficient (Wildman–Crippen LogP) is 5.17. The van der Waals surface area contributed by atoms with Crippen molar-refractivity contribution in [1.29, 1.82) is 0 Å². The van der Waals surface area contributed by atoms with Gasteiger partial charge in [0.05, 0.1) is 11.3 Å². The highest BCUT2D eigenvalue weighted by Crippen LogP contribution is 2.70. The molecule has 4 fully saturated rings. The summed E-state index contributed by atoms with van der Waals surface area (Å²) in [7, 11) is 0. The van der Waals surface area contributed by atoms with Gasteiger partial charge in [-0.3, -0.25) is 14.4 Å². The number of hydrogen-bond donors (Lipinski definition) is 2. The molecule has 36 heavy (non-hydrogen) atoms. The number of hydrogen-bond acceptors (Lipinski definition) is 6. The van der Waals surface area contributed by atoms with E-state index < -0.39 is 29.1 Å². The van der Waals surface area contributed by atoms with E-state index >= 15 is 0 Å². The third kappa shape index (κ3) is 4.37. The number of nitrogens with one attached hydrogen (secondary N) is 1. The minimum atomic E-state index is -1.28. The molecule has 204 valence electrons. The van der Waals surface area contributed by atoms with Gasteiger partial charge in [-0.2, -0.15) is 0 Å². The molecule has 2 N–H and O–H groups in total. The summed E-state index contributed by atoms with van der Waals surface area (Å²) in [5, 5.41) is 14.0. The van der Waals surface area contributed by atoms with Crippen LogP contribution in [0.15, 0.2) is 0 Å². The summed E-state index contributed by atoms with van der Waals surface area (Å²) in [5.74, 6) is -1.55. The van der Waals surface area contributed by atoms with E-state index in [0.717, 1.165) is 57.9 Å². The van der Waals surface area contributed by atoms with Crippen molar-refractivity contribution in [2.45, 2.75) is 111 Å². The summed E-state index contributed by atoms with van der Waals surface area (Å²) >= 11 is 0. The van der Waals surface area contributed by atoms with E-state index in [1.165, 1.54) is 13.8 Å². The quantitative estimate of drug-likeness (QED) is 0.364. The van der Waals surface area contributed by atoms with Gasteiger partial charge >= 0.3 is 17.9 Å². The standard InChI is InChI=1S/C29H47NO6/c1-17(2)13-15-30-24-16-27(5)22(11-12-23(27)26(33)34)21-10-9-20-8-7-14-29(35-18(3)31,36-19(4)32)28(20,6)25(21)24/h17,20-25,30H,7-16H2,1-6H3,(H,33,34)/t20-,21+,22+,23-,24-,25-,27+,28+/m1/s1. The number of fused-ring (bicyclic) bond motifs is 5. The first-order valence-electron chi connectivity index (χ1n) is 14.2. The predicted molar refractivity (Wildman–Crippen MR) is 136 cm³/mol. The van der Waals surface area contributed by atoms with E-state index in [9.17, 15) is 19.5 Å². The Morgan fingerprint density at radius 1 is 1.00 bits per heavy atom. The summed E-state index contributed by atoms with van der Waals surface area (Å²) < 4.78 is 12.2. The Morgan fingerprint density at radius 3 is 2.25 bits per heavy atom. The van der Waals surface area contributed by atoms with Crippen molar-refractivity contribution in [2.75, 3.05) is 6.54 Å². The highest BCUT2D eigenvalue weighted by molar-refractivity contribution is 5.72. The monoisotopic (exact) mass is 505 g/mol. The largest absolute Gasteiger partial charge is 0.481 e. The van der Waals surface area contributed by atoms with Crippen LogP contribution in [0.4, 0.5) is 0 Å². The lowest BCUT2D eigenvalue weighted by Gasteiger charge is -2.66. The maximum Gasteiger partial charge on any atom is 0.307 e. The number of carboxylic acids is 1. The fourth-order valence-corrected chi connectivity index (χ4v) is 9.45. The number of carbonyl (C=O) groups excluding carboxylic acids is 2. The van der Waals surface area contributed by atoms with Crippen molar-refractivity contribution >= 4 is 17.9 Å². The second kappa shape index (κ2) is 9.92. The molecule has 0 heterocycles. The maximum atomic E-state index is 12.5. The molecule has 7 nitrogen and oxygen atoms in total. The molecular weight excluding hydrogens is 458 g/mol. The number of carboxylic acid groups (broad SMARTS) is 1. The zero-order chi connectivity index (χ0) is 26.5. The highest BCUT2D eigenvalue weighted by atomic mass is 16.7. The van der Waals surface area contributed by atoms with Crippen LogP contribution in [0.3, 0.4) is 0 Å². The van der Waals surface area contributed by atoms with Crippen LogP contribution < -0.4 is 5.32 Å². The Balaban J connectivity index is 1.82. The van der Waals surface area contributed by atoms with Gasteiger partial charge in [-0.25, -0.2) is 0 Å². The number of rotatable bonds is 7. The van der Waals surface area contributed by atoms with Gasteiger partial charge in [0.15, 0.2) is 0 Å². The van der Waals surface area contributed by atoms with E-state index in [1.54, 1.807) is 0 Å². The third-order valence-electron chi connectivity index (χ3n) is 10.8. The van der Waals surface area contributed by atoms with E-state index in [-0.39, 0.29) is 29.2 Å². The van der Waals surface area contributed by atoms with Gasteiger partial charge < -0.3 is 19.9 Å². The molecule has 0 spiro atoms. The Hall–Kier alpha value is -1.63. The van der Waals surface area contributed by atoms with Crippen molar-refractivity contribution in [3.8, 4) is 0 Å². The number of esters is 2. The van der Waals surface area contributed by atoms with Gasteiger partial charge in [0.1, 0.15) is 0 Å². The van der Waals surface area contributed by atoms with Crippen molar-refractivity contribution in [1.82, 2.24) is 5.32 Å². The van der Waals surface area contributed by atoms with Crippen molar-refractivity contribution in [3.05, 3.63) is 0 Å². The summed E-state index contributed by atoms with van der Waals surface area (Å²) in [4.78, 5) is 37.3. The molecule has 0 amide bonds. The molecule has 4 aliphatic rings. The molecule has 0 saturated heterocycles. The molecule has 4 rings (SSSR count). The lowest BCUT2D eigenvalue weighted by molar-refractivity contribution is -0.325. The zero-order valence-electron chi connectivity index (χ0n) is 23.1. The van der Waals surface area contributed by atoms with Crippen LogP contribution in [-0.4, -0.2) is 41.4 Å². The second-order valence-corrected chi connectivity index (χ2v) is 13.1. The SMILES string of the molecule is CC(=O)OC1(OC(C)=O)CCC[C@@H]2CC[C@@H]3[C@H]([C@H](NCCC(C)C)C[C@]4(C)[C@@H](C(=O)O)CC[C@@H]34)[C@]21C. The van der Waals surface area contributed by atoms with Gasteiger partial charge in [0.25, 0.3) is 5.79 Å². The summed E-state index contributed by atoms with van der Waals surface area (Å²) in [6, 6.07) is 0.0753. The summed E-state index contributed by atoms with van der Waals surface area (Å²) in [6.45, 7) is 12.5. The first-order chi connectivity index (χ1) is 16.9. The Kier molecular flexibility index (Phi) is 7.55. The normalized spacial score (nSPS) is 41.1. The van der Waals surface area contributed by atoms with Gasteiger partial charge in [-0.05, 0) is 92.9 Å². The average Bonchev–Trinajstić information content (AvgIpc) is 3.10. The molecule has 4 aliphatic carbocycles. The van der Waals surface area contributed by atoms with Crippen molar-refractivity contribution < 1.29 is 29.0 Å². The topological polar surface area (TPSA) is 102 Å². The molecule has 8 atom stereocenters. The third-order valence-corrected chi connectivity index (χ3v) is 10.8. The van der Waals surface area contributed by atoms with Crippen LogP contribution in [-0.2, 0) is 23.9 Å². The molecule has 0 unspecified atom stereocenters. The van der Waals surface area contributed by atoms with E-state index in [1.807, 2.05) is 0 Å². The van der Waals surface area contributed by atoms with Crippen LogP contribution in [0, 0.1) is 46.3 Å². The van der Waals surface area contributed by atoms with Crippen molar-refractivity contribution in [3.63, 3.8) is 0 Å². The minimum absolute atomic E-state index is 0.0753. The van der Waals surface area contributed by atoms with Crippen LogP contribution >= 0.6 is 0 Å². The highest BCUT2D eigenvalue weighted by Gasteiger charge is 2.71. The first-order valence-corrected chi connectivity index (χ1v) is 14.2. The molecule has 4 saturated carbocycles. The van der Waals surface area contributed by atoms with Gasteiger partial charge in [0, 0.05) is 26.3 Å². The van der Waals surface area contributed by atoms with Gasteiger partial charge in [-0.1, -0.05) is 27.7 Å². The zero-order valence-corrected chi connectivity index (χ0v) is 23.1. The molecule has 0 radical (unpaired) electrons. The fraction of sp³-hybridized carbons (Fsp3) is 0.897. The number of ether oxygens (including phenoxy) is 2. The average molecular weight is 506 g/mol. The molecule has 7 heteroatoms. The number of carbonyl (C=O) groups is 3. The molecular formula is C29H47NO6. The Labute approximate surface area is 216 Å². The molecule has 0 aliphatic heterocycles. The smallest absolute Gasteiger partial charge is 0.307 e. The van der Waals surface area contributed by atoms with Crippen LogP contribution in [0.2, 0.25) is 0 Å². The Bertz CT molecular complexity index is 856. The van der Waals surface area contributed by atoms with Crippen LogP contribution in [0.1, 0.15) is 99.3 Å². The van der Waals surface area contributed by atoms with Crippen molar-refractivity contribution in [2.24, 2.45) is 46.3 Å². The molecule has 0 bridgehead atoms. The first kappa shape index (κ1) is 27.4. The summed E-state index contributed by atoms with van der Waals surface area (Å²) in [6.07, 6.45) is 7.90. The molecule has 0 aromatic rings.